The first-order chi connectivity index (χ1) is 7.78. The lowest BCUT2D eigenvalue weighted by molar-refractivity contribution is 0.506. The van der Waals surface area contributed by atoms with Crippen molar-refractivity contribution in [1.82, 2.24) is 0 Å². The van der Waals surface area contributed by atoms with Crippen LogP contribution in [0.4, 0.5) is 5.69 Å². The summed E-state index contributed by atoms with van der Waals surface area (Å²) < 4.78 is 5.23. The van der Waals surface area contributed by atoms with Crippen molar-refractivity contribution in [3.63, 3.8) is 0 Å². The van der Waals surface area contributed by atoms with Crippen molar-refractivity contribution in [2.75, 3.05) is 5.32 Å². The van der Waals surface area contributed by atoms with Gasteiger partial charge in [-0.05, 0) is 30.3 Å². The van der Waals surface area contributed by atoms with Gasteiger partial charge in [0.05, 0.1) is 6.54 Å². The van der Waals surface area contributed by atoms with Crippen molar-refractivity contribution in [2.45, 2.75) is 6.54 Å². The van der Waals surface area contributed by atoms with Gasteiger partial charge in [-0.2, -0.15) is 5.26 Å². The summed E-state index contributed by atoms with van der Waals surface area (Å²) in [5.41, 5.74) is 0.919. The van der Waals surface area contributed by atoms with E-state index in [4.69, 9.17) is 21.3 Å². The third-order valence-corrected chi connectivity index (χ3v) is 2.30. The Hall–Kier alpha value is -1.92. The maximum Gasteiger partial charge on any atom is 0.203 e. The summed E-state index contributed by atoms with van der Waals surface area (Å²) in [5, 5.41) is 12.4. The van der Waals surface area contributed by atoms with Crippen LogP contribution in [-0.4, -0.2) is 0 Å². The van der Waals surface area contributed by atoms with Gasteiger partial charge in [0.15, 0.2) is 0 Å². The van der Waals surface area contributed by atoms with Gasteiger partial charge < -0.3 is 9.73 Å². The molecule has 0 saturated heterocycles. The minimum absolute atomic E-state index is 0.322. The Balaban J connectivity index is 2.00. The highest BCUT2D eigenvalue weighted by atomic mass is 35.5. The summed E-state index contributed by atoms with van der Waals surface area (Å²) in [6, 6.07) is 12.8. The molecule has 4 heteroatoms. The average molecular weight is 233 g/mol. The summed E-state index contributed by atoms with van der Waals surface area (Å²) in [5.74, 6) is 1.04. The van der Waals surface area contributed by atoms with Crippen molar-refractivity contribution < 1.29 is 4.42 Å². The minimum atomic E-state index is 0.322. The van der Waals surface area contributed by atoms with Crippen LogP contribution < -0.4 is 5.32 Å². The Labute approximate surface area is 98.3 Å². The normalized spacial score (nSPS) is 9.75. The highest BCUT2D eigenvalue weighted by Crippen LogP contribution is 2.16. The molecule has 16 heavy (non-hydrogen) atoms. The third kappa shape index (κ3) is 2.56. The summed E-state index contributed by atoms with van der Waals surface area (Å²) in [4.78, 5) is 0. The monoisotopic (exact) mass is 232 g/mol. The van der Waals surface area contributed by atoms with Gasteiger partial charge in [0, 0.05) is 10.7 Å². The second-order valence-corrected chi connectivity index (χ2v) is 3.68. The van der Waals surface area contributed by atoms with Gasteiger partial charge in [0.2, 0.25) is 5.76 Å². The van der Waals surface area contributed by atoms with Crippen molar-refractivity contribution in [2.24, 2.45) is 0 Å². The van der Waals surface area contributed by atoms with Crippen molar-refractivity contribution in [3.05, 3.63) is 52.9 Å². The van der Waals surface area contributed by atoms with E-state index in [1.54, 1.807) is 12.1 Å². The van der Waals surface area contributed by atoms with Gasteiger partial charge in [-0.3, -0.25) is 0 Å². The van der Waals surface area contributed by atoms with E-state index in [0.717, 1.165) is 11.4 Å². The number of furan rings is 1. The van der Waals surface area contributed by atoms with E-state index >= 15 is 0 Å². The van der Waals surface area contributed by atoms with Crippen LogP contribution in [0.5, 0.6) is 0 Å². The first-order valence-corrected chi connectivity index (χ1v) is 5.14. The van der Waals surface area contributed by atoms with E-state index in [9.17, 15) is 0 Å². The van der Waals surface area contributed by atoms with E-state index in [-0.39, 0.29) is 0 Å². The molecule has 80 valence electrons. The van der Waals surface area contributed by atoms with Crippen LogP contribution in [0, 0.1) is 11.3 Å². The van der Waals surface area contributed by atoms with Crippen LogP contribution in [0.1, 0.15) is 11.5 Å². The van der Waals surface area contributed by atoms with Gasteiger partial charge in [0.1, 0.15) is 11.8 Å². The summed E-state index contributed by atoms with van der Waals surface area (Å²) in [6.45, 7) is 0.530. The first kappa shape index (κ1) is 10.6. The second kappa shape index (κ2) is 4.73. The van der Waals surface area contributed by atoms with Crippen LogP contribution in [0.2, 0.25) is 5.02 Å². The number of hydrogen-bond acceptors (Lipinski definition) is 3. The standard InChI is InChI=1S/C12H9ClN2O/c13-9-2-1-3-10(6-9)15-8-12-5-4-11(7-14)16-12/h1-6,15H,8H2. The molecule has 0 radical (unpaired) electrons. The van der Waals surface area contributed by atoms with Crippen LogP contribution in [0.15, 0.2) is 40.8 Å². The Kier molecular flexibility index (Phi) is 3.13. The highest BCUT2D eigenvalue weighted by Gasteiger charge is 2.00. The molecule has 0 unspecified atom stereocenters. The molecule has 2 aromatic rings. The van der Waals surface area contributed by atoms with E-state index in [1.165, 1.54) is 0 Å². The molecule has 0 spiro atoms. The Morgan fingerprint density at radius 1 is 1.31 bits per heavy atom. The molecule has 0 aliphatic carbocycles. The predicted molar refractivity (Wildman–Crippen MR) is 62.2 cm³/mol. The highest BCUT2D eigenvalue weighted by molar-refractivity contribution is 6.30. The molecule has 3 nitrogen and oxygen atoms in total. The van der Waals surface area contributed by atoms with E-state index in [2.05, 4.69) is 5.32 Å². The van der Waals surface area contributed by atoms with Gasteiger partial charge in [-0.25, -0.2) is 0 Å². The zero-order chi connectivity index (χ0) is 11.4. The molecule has 0 amide bonds. The van der Waals surface area contributed by atoms with Crippen LogP contribution >= 0.6 is 11.6 Å². The van der Waals surface area contributed by atoms with Crippen molar-refractivity contribution in [3.8, 4) is 6.07 Å². The van der Waals surface area contributed by atoms with Gasteiger partial charge >= 0.3 is 0 Å². The number of nitrogens with one attached hydrogen (secondary N) is 1. The zero-order valence-corrected chi connectivity index (χ0v) is 9.16. The number of hydrogen-bond donors (Lipinski definition) is 1. The molecule has 0 atom stereocenters. The number of anilines is 1. The number of rotatable bonds is 3. The summed E-state index contributed by atoms with van der Waals surface area (Å²) in [6.07, 6.45) is 0. The Bertz CT molecular complexity index is 528. The lowest BCUT2D eigenvalue weighted by Crippen LogP contribution is -1.97. The molecule has 0 aliphatic rings. The molecule has 0 aliphatic heterocycles. The molecule has 1 aromatic carbocycles. The quantitative estimate of drug-likeness (QED) is 0.882. The fraction of sp³-hybridized carbons (Fsp3) is 0.0833. The average Bonchev–Trinajstić information content (AvgIpc) is 2.74. The summed E-state index contributed by atoms with van der Waals surface area (Å²) >= 11 is 5.85. The number of nitriles is 1. The largest absolute Gasteiger partial charge is 0.449 e. The Morgan fingerprint density at radius 2 is 2.19 bits per heavy atom. The lowest BCUT2D eigenvalue weighted by atomic mass is 10.3. The molecule has 0 fully saturated rings. The van der Waals surface area contributed by atoms with Crippen LogP contribution in [0.25, 0.3) is 0 Å². The fourth-order valence-electron chi connectivity index (χ4n) is 1.32. The zero-order valence-electron chi connectivity index (χ0n) is 8.40. The molecule has 0 saturated carbocycles. The van der Waals surface area contributed by atoms with E-state index in [0.29, 0.717) is 17.3 Å². The molecule has 0 bridgehead atoms. The smallest absolute Gasteiger partial charge is 0.203 e. The summed E-state index contributed by atoms with van der Waals surface area (Å²) in [7, 11) is 0. The van der Waals surface area contributed by atoms with Crippen molar-refractivity contribution in [1.29, 1.82) is 5.26 Å². The molecule has 1 heterocycles. The van der Waals surface area contributed by atoms with Gasteiger partial charge in [-0.15, -0.1) is 0 Å². The van der Waals surface area contributed by atoms with E-state index < -0.39 is 0 Å². The number of halogens is 1. The fourth-order valence-corrected chi connectivity index (χ4v) is 1.51. The second-order valence-electron chi connectivity index (χ2n) is 3.24. The maximum absolute atomic E-state index is 8.59. The molecular formula is C12H9ClN2O. The molecule has 2 rings (SSSR count). The number of benzene rings is 1. The topological polar surface area (TPSA) is 49.0 Å². The first-order valence-electron chi connectivity index (χ1n) is 4.76. The lowest BCUT2D eigenvalue weighted by Gasteiger charge is -2.03. The van der Waals surface area contributed by atoms with Gasteiger partial charge in [0.25, 0.3) is 0 Å². The van der Waals surface area contributed by atoms with Crippen molar-refractivity contribution >= 4 is 17.3 Å². The third-order valence-electron chi connectivity index (χ3n) is 2.06. The minimum Gasteiger partial charge on any atom is -0.449 e. The van der Waals surface area contributed by atoms with Crippen LogP contribution in [0.3, 0.4) is 0 Å². The Morgan fingerprint density at radius 3 is 2.88 bits per heavy atom. The maximum atomic E-state index is 8.59. The van der Waals surface area contributed by atoms with Crippen LogP contribution in [-0.2, 0) is 6.54 Å². The SMILES string of the molecule is N#Cc1ccc(CNc2cccc(Cl)c2)o1. The molecular weight excluding hydrogens is 224 g/mol. The van der Waals surface area contributed by atoms with Gasteiger partial charge in [-0.1, -0.05) is 17.7 Å². The predicted octanol–water partition coefficient (Wildman–Crippen LogP) is 3.42. The van der Waals surface area contributed by atoms with E-state index in [1.807, 2.05) is 30.3 Å². The molecule has 1 N–H and O–H groups in total. The molecule has 1 aromatic heterocycles. The number of nitrogens with zero attached hydrogens (tertiary/aromatic N) is 1.